The number of hydrogen-bond donors (Lipinski definition) is 0. The van der Waals surface area contributed by atoms with Crippen molar-refractivity contribution in [3.8, 4) is 5.69 Å². The first-order valence-electron chi connectivity index (χ1n) is 8.95. The molecule has 2 aromatic heterocycles. The second-order valence-corrected chi connectivity index (χ2v) is 6.85. The maximum atomic E-state index is 13.8. The highest BCUT2D eigenvalue weighted by Crippen LogP contribution is 2.34. The molecule has 0 aliphatic carbocycles. The van der Waals surface area contributed by atoms with Gasteiger partial charge >= 0.3 is 6.18 Å². The lowest BCUT2D eigenvalue weighted by molar-refractivity contribution is -0.143. The van der Waals surface area contributed by atoms with E-state index in [-0.39, 0.29) is 24.6 Å². The molecular formula is C20H17F3N4O2. The number of Topliss-reactive ketones (excluding diaryl/α,β-unsaturated/α-hetero) is 1. The summed E-state index contributed by atoms with van der Waals surface area (Å²) in [5.74, 6) is -0.843. The smallest absolute Gasteiger partial charge is 0.347 e. The third-order valence-corrected chi connectivity index (χ3v) is 4.91. The van der Waals surface area contributed by atoms with Crippen molar-refractivity contribution in [2.75, 3.05) is 6.54 Å². The Morgan fingerprint density at radius 1 is 1.10 bits per heavy atom. The van der Waals surface area contributed by atoms with Crippen molar-refractivity contribution >= 4 is 11.7 Å². The number of halogens is 3. The van der Waals surface area contributed by atoms with Crippen molar-refractivity contribution < 1.29 is 22.8 Å². The van der Waals surface area contributed by atoms with Gasteiger partial charge < -0.3 is 9.47 Å². The molecule has 0 saturated heterocycles. The molecular weight excluding hydrogens is 385 g/mol. The minimum absolute atomic E-state index is 0.103. The third-order valence-electron chi connectivity index (χ3n) is 4.91. The van der Waals surface area contributed by atoms with E-state index in [2.05, 4.69) is 5.10 Å². The van der Waals surface area contributed by atoms with E-state index >= 15 is 0 Å². The van der Waals surface area contributed by atoms with Crippen LogP contribution in [0.2, 0.25) is 0 Å². The Bertz CT molecular complexity index is 1080. The Hall–Kier alpha value is -3.36. The summed E-state index contributed by atoms with van der Waals surface area (Å²) in [5.41, 5.74) is -0.147. The minimum atomic E-state index is -4.75. The molecule has 0 N–H and O–H groups in total. The maximum absolute atomic E-state index is 13.8. The van der Waals surface area contributed by atoms with Gasteiger partial charge in [-0.25, -0.2) is 4.68 Å². The van der Waals surface area contributed by atoms with Crippen LogP contribution in [0.25, 0.3) is 5.69 Å². The highest BCUT2D eigenvalue weighted by atomic mass is 19.4. The van der Waals surface area contributed by atoms with Crippen molar-refractivity contribution in [3.63, 3.8) is 0 Å². The summed E-state index contributed by atoms with van der Waals surface area (Å²) in [5, 5.41) is 3.84. The molecule has 29 heavy (non-hydrogen) atoms. The molecule has 1 aromatic carbocycles. The van der Waals surface area contributed by atoms with Gasteiger partial charge in [-0.2, -0.15) is 18.3 Å². The van der Waals surface area contributed by atoms with Crippen molar-refractivity contribution in [2.45, 2.75) is 26.2 Å². The van der Waals surface area contributed by atoms with Gasteiger partial charge in [0.25, 0.3) is 5.91 Å². The molecule has 9 heteroatoms. The summed E-state index contributed by atoms with van der Waals surface area (Å²) in [6, 6.07) is 9.54. The standard InChI is InChI=1S/C20H17F3N4O2/c1-13(28)14-9-16-12-26(8-7-25(16)11-14)19(29)17-10-24-27(18(17)20(21,22)23)15-5-3-2-4-6-15/h2-6,9-11H,7-8,12H2,1H3. The fourth-order valence-corrected chi connectivity index (χ4v) is 3.48. The van der Waals surface area contributed by atoms with Crippen LogP contribution in [0.1, 0.15) is 39.0 Å². The number of amides is 1. The van der Waals surface area contributed by atoms with Crippen LogP contribution < -0.4 is 0 Å². The van der Waals surface area contributed by atoms with Crippen molar-refractivity contribution in [1.29, 1.82) is 0 Å². The van der Waals surface area contributed by atoms with Crippen molar-refractivity contribution in [2.24, 2.45) is 0 Å². The van der Waals surface area contributed by atoms with Crippen LogP contribution in [0.4, 0.5) is 13.2 Å². The summed E-state index contributed by atoms with van der Waals surface area (Å²) in [4.78, 5) is 25.9. The molecule has 1 amide bonds. The molecule has 0 bridgehead atoms. The first-order valence-corrected chi connectivity index (χ1v) is 8.95. The zero-order valence-electron chi connectivity index (χ0n) is 15.5. The van der Waals surface area contributed by atoms with Crippen molar-refractivity contribution in [3.05, 3.63) is 71.3 Å². The van der Waals surface area contributed by atoms with Crippen LogP contribution in [0.5, 0.6) is 0 Å². The van der Waals surface area contributed by atoms with Gasteiger partial charge in [-0.3, -0.25) is 9.59 Å². The first-order chi connectivity index (χ1) is 13.8. The third kappa shape index (κ3) is 3.43. The number of hydrogen-bond acceptors (Lipinski definition) is 3. The number of fused-ring (bicyclic) bond motifs is 1. The maximum Gasteiger partial charge on any atom is 0.434 e. The lowest BCUT2D eigenvalue weighted by Crippen LogP contribution is -2.38. The van der Waals surface area contributed by atoms with E-state index in [0.717, 1.165) is 10.9 Å². The van der Waals surface area contributed by atoms with E-state index in [0.29, 0.717) is 17.8 Å². The van der Waals surface area contributed by atoms with Gasteiger partial charge in [0.15, 0.2) is 11.5 Å². The molecule has 3 heterocycles. The quantitative estimate of drug-likeness (QED) is 0.630. The number of benzene rings is 1. The molecule has 0 unspecified atom stereocenters. The molecule has 0 fully saturated rings. The first kappa shape index (κ1) is 19.0. The van der Waals surface area contributed by atoms with E-state index in [1.54, 1.807) is 30.5 Å². The summed E-state index contributed by atoms with van der Waals surface area (Å²) >= 11 is 0. The summed E-state index contributed by atoms with van der Waals surface area (Å²) in [7, 11) is 0. The molecule has 3 aromatic rings. The van der Waals surface area contributed by atoms with Gasteiger partial charge in [-0.05, 0) is 25.1 Å². The molecule has 4 rings (SSSR count). The van der Waals surface area contributed by atoms with Gasteiger partial charge in [-0.15, -0.1) is 0 Å². The molecule has 1 aliphatic heterocycles. The molecule has 0 saturated carbocycles. The number of ketones is 1. The highest BCUT2D eigenvalue weighted by Gasteiger charge is 2.41. The topological polar surface area (TPSA) is 60.1 Å². The molecule has 0 radical (unpaired) electrons. The fraction of sp³-hybridized carbons (Fsp3) is 0.250. The highest BCUT2D eigenvalue weighted by molar-refractivity contribution is 5.96. The van der Waals surface area contributed by atoms with Crippen LogP contribution in [-0.4, -0.2) is 37.5 Å². The van der Waals surface area contributed by atoms with E-state index in [1.165, 1.54) is 24.0 Å². The van der Waals surface area contributed by atoms with Gasteiger partial charge in [0.1, 0.15) is 0 Å². The monoisotopic (exact) mass is 402 g/mol. The number of carbonyl (C=O) groups excluding carboxylic acids is 2. The number of nitrogens with zero attached hydrogens (tertiary/aromatic N) is 4. The molecule has 0 atom stereocenters. The van der Waals surface area contributed by atoms with Gasteiger partial charge in [-0.1, -0.05) is 18.2 Å². The second-order valence-electron chi connectivity index (χ2n) is 6.85. The summed E-state index contributed by atoms with van der Waals surface area (Å²) < 4.78 is 44.0. The molecule has 150 valence electrons. The largest absolute Gasteiger partial charge is 0.434 e. The normalized spacial score (nSPS) is 14.0. The predicted molar refractivity (Wildman–Crippen MR) is 97.7 cm³/mol. The Kier molecular flexibility index (Phi) is 4.52. The van der Waals surface area contributed by atoms with Gasteiger partial charge in [0, 0.05) is 30.5 Å². The zero-order chi connectivity index (χ0) is 20.8. The number of aromatic nitrogens is 3. The number of rotatable bonds is 3. The van der Waals surface area contributed by atoms with Crippen LogP contribution in [-0.2, 0) is 19.3 Å². The van der Waals surface area contributed by atoms with Gasteiger partial charge in [0.05, 0.1) is 24.0 Å². The molecule has 0 spiro atoms. The van der Waals surface area contributed by atoms with E-state index in [4.69, 9.17) is 0 Å². The van der Waals surface area contributed by atoms with Crippen LogP contribution in [0.3, 0.4) is 0 Å². The summed E-state index contributed by atoms with van der Waals surface area (Å²) in [6.45, 7) is 2.21. The Labute approximate surface area is 164 Å². The van der Waals surface area contributed by atoms with Crippen LogP contribution in [0.15, 0.2) is 48.8 Å². The lowest BCUT2D eigenvalue weighted by atomic mass is 10.1. The van der Waals surface area contributed by atoms with E-state index in [1.807, 2.05) is 4.57 Å². The van der Waals surface area contributed by atoms with Crippen molar-refractivity contribution in [1.82, 2.24) is 19.2 Å². The second kappa shape index (κ2) is 6.91. The molecule has 6 nitrogen and oxygen atoms in total. The Morgan fingerprint density at radius 3 is 2.48 bits per heavy atom. The average molecular weight is 402 g/mol. The van der Waals surface area contributed by atoms with E-state index < -0.39 is 23.3 Å². The Balaban J connectivity index is 1.69. The van der Waals surface area contributed by atoms with E-state index in [9.17, 15) is 22.8 Å². The minimum Gasteiger partial charge on any atom is -0.347 e. The zero-order valence-corrected chi connectivity index (χ0v) is 15.5. The van der Waals surface area contributed by atoms with Gasteiger partial charge in [0.2, 0.25) is 0 Å². The SMILES string of the molecule is CC(=O)c1cc2n(c1)CCN(C(=O)c1cnn(-c3ccccc3)c1C(F)(F)F)C2. The summed E-state index contributed by atoms with van der Waals surface area (Å²) in [6.07, 6.45) is -2.09. The lowest BCUT2D eigenvalue weighted by Gasteiger charge is -2.28. The number of para-hydroxylation sites is 1. The Morgan fingerprint density at radius 2 is 1.83 bits per heavy atom. The van der Waals surface area contributed by atoms with Crippen LogP contribution in [0, 0.1) is 0 Å². The molecule has 1 aliphatic rings. The number of alkyl halides is 3. The fourth-order valence-electron chi connectivity index (χ4n) is 3.48. The van der Waals surface area contributed by atoms with Crippen LogP contribution >= 0.6 is 0 Å². The average Bonchev–Trinajstić information content (AvgIpc) is 3.32. The predicted octanol–water partition coefficient (Wildman–Crippen LogP) is 3.55. The number of carbonyl (C=O) groups is 2.